The molecule has 102 valence electrons. The van der Waals surface area contributed by atoms with Gasteiger partial charge in [0.15, 0.2) is 0 Å². The van der Waals surface area contributed by atoms with Gasteiger partial charge in [0.2, 0.25) is 0 Å². The van der Waals surface area contributed by atoms with E-state index < -0.39 is 4.92 Å². The zero-order valence-corrected chi connectivity index (χ0v) is 11.8. The van der Waals surface area contributed by atoms with Crippen molar-refractivity contribution >= 4 is 33.4 Å². The number of hydrogen-bond donors (Lipinski definition) is 1. The number of nitro groups is 1. The number of anilines is 1. The smallest absolute Gasteiger partial charge is 0.267 e. The third-order valence-electron chi connectivity index (χ3n) is 2.52. The van der Waals surface area contributed by atoms with Gasteiger partial charge in [0.25, 0.3) is 11.6 Å². The van der Waals surface area contributed by atoms with Gasteiger partial charge in [-0.2, -0.15) is 0 Å². The van der Waals surface area contributed by atoms with Crippen LogP contribution in [0.4, 0.5) is 11.4 Å². The van der Waals surface area contributed by atoms with Crippen LogP contribution < -0.4 is 9.46 Å². The van der Waals surface area contributed by atoms with Gasteiger partial charge in [0.1, 0.15) is 0 Å². The van der Waals surface area contributed by atoms with E-state index >= 15 is 0 Å². The number of halogens is 1. The Bertz CT molecular complexity index is 617. The topological polar surface area (TPSA) is 75.5 Å². The van der Waals surface area contributed by atoms with Crippen LogP contribution in [0.3, 0.4) is 0 Å². The van der Waals surface area contributed by atoms with Gasteiger partial charge in [-0.3, -0.25) is 20.3 Å². The van der Waals surface area contributed by atoms with Gasteiger partial charge in [0, 0.05) is 17.7 Å². The molecular formula is C13H10BrN3O3. The molecular weight excluding hydrogens is 326 g/mol. The fourth-order valence-electron chi connectivity index (χ4n) is 1.51. The average molecular weight is 336 g/mol. The number of hydrazine groups is 1. The van der Waals surface area contributed by atoms with Crippen LogP contribution in [0.5, 0.6) is 0 Å². The van der Waals surface area contributed by atoms with Crippen LogP contribution in [0.2, 0.25) is 0 Å². The number of hydrogen-bond acceptors (Lipinski definition) is 4. The summed E-state index contributed by atoms with van der Waals surface area (Å²) in [4.78, 5) is 22.0. The van der Waals surface area contributed by atoms with Crippen molar-refractivity contribution in [2.24, 2.45) is 0 Å². The first-order chi connectivity index (χ1) is 9.58. The van der Waals surface area contributed by atoms with Gasteiger partial charge in [-0.1, -0.05) is 18.2 Å². The van der Waals surface area contributed by atoms with E-state index in [9.17, 15) is 14.9 Å². The Morgan fingerprint density at radius 2 is 1.70 bits per heavy atom. The van der Waals surface area contributed by atoms with Gasteiger partial charge in [-0.05, 0) is 24.3 Å². The predicted molar refractivity (Wildman–Crippen MR) is 78.4 cm³/mol. The third-order valence-corrected chi connectivity index (χ3v) is 3.11. The van der Waals surface area contributed by atoms with E-state index in [2.05, 4.69) is 21.6 Å². The highest BCUT2D eigenvalue weighted by atomic mass is 79.9. The lowest BCUT2D eigenvalue weighted by atomic mass is 10.2. The molecule has 0 saturated heterocycles. The summed E-state index contributed by atoms with van der Waals surface area (Å²) in [5.74, 6) is -0.291. The Kier molecular flexibility index (Phi) is 4.31. The molecule has 20 heavy (non-hydrogen) atoms. The molecule has 0 aliphatic carbocycles. The van der Waals surface area contributed by atoms with E-state index in [0.717, 1.165) is 0 Å². The van der Waals surface area contributed by atoms with E-state index in [1.807, 2.05) is 6.07 Å². The van der Waals surface area contributed by atoms with Gasteiger partial charge in [-0.25, -0.2) is 4.03 Å². The van der Waals surface area contributed by atoms with E-state index in [4.69, 9.17) is 0 Å². The number of nitrogens with one attached hydrogen (secondary N) is 1. The minimum absolute atomic E-state index is 0.0102. The summed E-state index contributed by atoms with van der Waals surface area (Å²) in [5.41, 5.74) is 3.67. The second-order valence-corrected chi connectivity index (χ2v) is 4.57. The van der Waals surface area contributed by atoms with E-state index in [1.54, 1.807) is 24.3 Å². The highest BCUT2D eigenvalue weighted by Gasteiger charge is 2.11. The van der Waals surface area contributed by atoms with Gasteiger partial charge < -0.3 is 0 Å². The first-order valence-electron chi connectivity index (χ1n) is 5.64. The summed E-state index contributed by atoms with van der Waals surface area (Å²) in [6, 6.07) is 14.5. The van der Waals surface area contributed by atoms with Crippen LogP contribution in [0.15, 0.2) is 54.6 Å². The van der Waals surface area contributed by atoms with Gasteiger partial charge >= 0.3 is 0 Å². The average Bonchev–Trinajstić information content (AvgIpc) is 2.48. The highest BCUT2D eigenvalue weighted by Crippen LogP contribution is 2.20. The molecule has 0 unspecified atom stereocenters. The lowest BCUT2D eigenvalue weighted by Gasteiger charge is -2.17. The van der Waals surface area contributed by atoms with Crippen LogP contribution in [-0.2, 0) is 0 Å². The Morgan fingerprint density at radius 1 is 1.10 bits per heavy atom. The highest BCUT2D eigenvalue weighted by molar-refractivity contribution is 9.10. The molecule has 1 N–H and O–H groups in total. The molecule has 0 fully saturated rings. The molecule has 7 heteroatoms. The summed E-state index contributed by atoms with van der Waals surface area (Å²) >= 11 is 3.18. The number of non-ortho nitro benzene ring substituents is 1. The predicted octanol–water partition coefficient (Wildman–Crippen LogP) is 3.06. The maximum Gasteiger partial charge on any atom is 0.270 e. The zero-order chi connectivity index (χ0) is 14.5. The Hall–Kier alpha value is -2.41. The van der Waals surface area contributed by atoms with Crippen molar-refractivity contribution in [1.29, 1.82) is 0 Å². The maximum absolute atomic E-state index is 11.9. The quantitative estimate of drug-likeness (QED) is 0.529. The second-order valence-electron chi connectivity index (χ2n) is 3.86. The molecule has 0 aliphatic rings. The standard InChI is InChI=1S/C13H10BrN3O3/c14-16(11-6-8-12(9-7-11)17(19)20)15-13(18)10-4-2-1-3-5-10/h1-9H,(H,15,18). The SMILES string of the molecule is O=C(NN(Br)c1ccc([N+](=O)[O-])cc1)c1ccccc1. The molecule has 6 nitrogen and oxygen atoms in total. The summed E-state index contributed by atoms with van der Waals surface area (Å²) in [6.45, 7) is 0. The molecule has 0 bridgehead atoms. The first-order valence-corrected chi connectivity index (χ1v) is 6.35. The largest absolute Gasteiger partial charge is 0.270 e. The Morgan fingerprint density at radius 3 is 2.25 bits per heavy atom. The first kappa shape index (κ1) is 14.0. The van der Waals surface area contributed by atoms with Crippen molar-refractivity contribution in [3.8, 4) is 0 Å². The molecule has 2 rings (SSSR count). The molecule has 0 spiro atoms. The number of carbonyl (C=O) groups excluding carboxylic acids is 1. The molecule has 0 saturated carbocycles. The number of carbonyl (C=O) groups is 1. The van der Waals surface area contributed by atoms with Crippen LogP contribution in [0.25, 0.3) is 0 Å². The summed E-state index contributed by atoms with van der Waals surface area (Å²) in [6.07, 6.45) is 0. The fourth-order valence-corrected chi connectivity index (χ4v) is 1.91. The number of nitro benzene ring substituents is 1. The Labute approximate surface area is 123 Å². The third kappa shape index (κ3) is 3.33. The fraction of sp³-hybridized carbons (Fsp3) is 0. The van der Waals surface area contributed by atoms with Crippen molar-refractivity contribution in [2.75, 3.05) is 4.03 Å². The van der Waals surface area contributed by atoms with Gasteiger partial charge in [0.05, 0.1) is 26.8 Å². The van der Waals surface area contributed by atoms with Gasteiger partial charge in [-0.15, -0.1) is 0 Å². The summed E-state index contributed by atoms with van der Waals surface area (Å²) < 4.78 is 1.33. The molecule has 0 atom stereocenters. The molecule has 0 heterocycles. The number of benzene rings is 2. The van der Waals surface area contributed by atoms with Crippen LogP contribution in [0.1, 0.15) is 10.4 Å². The number of nitrogens with zero attached hydrogens (tertiary/aromatic N) is 2. The summed E-state index contributed by atoms with van der Waals surface area (Å²) in [7, 11) is 0. The van der Waals surface area contributed by atoms with Crippen molar-refractivity contribution in [3.63, 3.8) is 0 Å². The minimum atomic E-state index is -0.481. The second kappa shape index (κ2) is 6.16. The monoisotopic (exact) mass is 335 g/mol. The van der Waals surface area contributed by atoms with E-state index in [0.29, 0.717) is 11.3 Å². The Balaban J connectivity index is 2.06. The van der Waals surface area contributed by atoms with Crippen LogP contribution >= 0.6 is 16.1 Å². The lowest BCUT2D eigenvalue weighted by Crippen LogP contribution is -2.35. The van der Waals surface area contributed by atoms with Crippen molar-refractivity contribution in [1.82, 2.24) is 5.43 Å². The molecule has 0 aromatic heterocycles. The number of rotatable bonds is 4. The maximum atomic E-state index is 11.9. The molecule has 2 aromatic carbocycles. The molecule has 0 aliphatic heterocycles. The summed E-state index contributed by atoms with van der Waals surface area (Å²) in [5, 5.41) is 10.6. The van der Waals surface area contributed by atoms with E-state index in [1.165, 1.54) is 28.3 Å². The zero-order valence-electron chi connectivity index (χ0n) is 10.2. The molecule has 1 amide bonds. The van der Waals surface area contributed by atoms with Crippen LogP contribution in [0, 0.1) is 10.1 Å². The molecule has 0 radical (unpaired) electrons. The van der Waals surface area contributed by atoms with Crippen molar-refractivity contribution in [3.05, 3.63) is 70.3 Å². The number of amides is 1. The van der Waals surface area contributed by atoms with E-state index in [-0.39, 0.29) is 11.6 Å². The minimum Gasteiger partial charge on any atom is -0.267 e. The normalized spacial score (nSPS) is 9.85. The molecule has 2 aromatic rings. The van der Waals surface area contributed by atoms with Crippen molar-refractivity contribution in [2.45, 2.75) is 0 Å². The van der Waals surface area contributed by atoms with Crippen molar-refractivity contribution < 1.29 is 9.72 Å². The lowest BCUT2D eigenvalue weighted by molar-refractivity contribution is -0.384. The van der Waals surface area contributed by atoms with Crippen LogP contribution in [-0.4, -0.2) is 10.8 Å².